The fourth-order valence-corrected chi connectivity index (χ4v) is 3.62. The van der Waals surface area contributed by atoms with Crippen LogP contribution in [-0.4, -0.2) is 40.0 Å². The zero-order chi connectivity index (χ0) is 14.6. The van der Waals surface area contributed by atoms with Crippen LogP contribution in [0.25, 0.3) is 0 Å². The van der Waals surface area contributed by atoms with Crippen LogP contribution in [0.2, 0.25) is 0 Å². The first kappa shape index (κ1) is 15.4. The van der Waals surface area contributed by atoms with E-state index in [1.54, 1.807) is 6.07 Å². The van der Waals surface area contributed by atoms with E-state index in [4.69, 9.17) is 0 Å². The van der Waals surface area contributed by atoms with Crippen LogP contribution in [-0.2, 0) is 15.8 Å². The van der Waals surface area contributed by atoms with Gasteiger partial charge in [0.05, 0.1) is 5.75 Å². The Morgan fingerprint density at radius 2 is 2.05 bits per heavy atom. The Kier molecular flexibility index (Phi) is 5.12. The van der Waals surface area contributed by atoms with E-state index in [9.17, 15) is 12.8 Å². The average Bonchev–Trinajstić information content (AvgIpc) is 2.37. The van der Waals surface area contributed by atoms with Gasteiger partial charge in [-0.15, -0.1) is 0 Å². The normalized spacial score (nSPS) is 18.3. The van der Waals surface area contributed by atoms with Crippen LogP contribution in [0, 0.1) is 11.7 Å². The summed E-state index contributed by atoms with van der Waals surface area (Å²) in [7, 11) is -1.32. The quantitative estimate of drug-likeness (QED) is 0.898. The van der Waals surface area contributed by atoms with Crippen molar-refractivity contribution in [2.24, 2.45) is 5.92 Å². The minimum Gasteiger partial charge on any atom is -0.306 e. The molecule has 0 saturated carbocycles. The first-order chi connectivity index (χ1) is 9.44. The molecule has 0 radical (unpaired) electrons. The van der Waals surface area contributed by atoms with Gasteiger partial charge >= 0.3 is 0 Å². The molecule has 0 bridgehead atoms. The van der Waals surface area contributed by atoms with Gasteiger partial charge in [-0.2, -0.15) is 0 Å². The van der Waals surface area contributed by atoms with Gasteiger partial charge < -0.3 is 4.90 Å². The summed E-state index contributed by atoms with van der Waals surface area (Å²) in [6.45, 7) is 2.50. The molecule has 20 heavy (non-hydrogen) atoms. The summed E-state index contributed by atoms with van der Waals surface area (Å²) in [5.74, 6) is -0.182. The summed E-state index contributed by atoms with van der Waals surface area (Å²) in [5.41, 5.74) is 0.473. The average molecular weight is 300 g/mol. The third-order valence-corrected chi connectivity index (χ3v) is 5.00. The van der Waals surface area contributed by atoms with E-state index in [0.29, 0.717) is 18.0 Å². The lowest BCUT2D eigenvalue weighted by Gasteiger charge is -2.28. The standard InChI is InChI=1S/C14H21FN2O2S/c1-17-7-5-12(6-8-17)10-16-20(18,19)11-13-3-2-4-14(15)9-13/h2-4,9,12,16H,5-8,10-11H2,1H3. The van der Waals surface area contributed by atoms with E-state index in [-0.39, 0.29) is 5.75 Å². The SMILES string of the molecule is CN1CCC(CNS(=O)(=O)Cc2cccc(F)c2)CC1. The predicted molar refractivity (Wildman–Crippen MR) is 77.2 cm³/mol. The van der Waals surface area contributed by atoms with Crippen LogP contribution in [0.4, 0.5) is 4.39 Å². The highest BCUT2D eigenvalue weighted by Crippen LogP contribution is 2.15. The van der Waals surface area contributed by atoms with Crippen LogP contribution in [0.15, 0.2) is 24.3 Å². The number of rotatable bonds is 5. The molecule has 2 rings (SSSR count). The molecule has 1 aliphatic heterocycles. The number of likely N-dealkylation sites (tertiary alicyclic amines) is 1. The number of benzene rings is 1. The maximum atomic E-state index is 13.0. The first-order valence-corrected chi connectivity index (χ1v) is 8.50. The van der Waals surface area contributed by atoms with Crippen molar-refractivity contribution >= 4 is 10.0 Å². The van der Waals surface area contributed by atoms with Crippen LogP contribution < -0.4 is 4.72 Å². The van der Waals surface area contributed by atoms with Crippen molar-refractivity contribution in [1.29, 1.82) is 0 Å². The molecule has 1 aromatic carbocycles. The Morgan fingerprint density at radius 3 is 2.70 bits per heavy atom. The molecule has 0 spiro atoms. The molecule has 0 atom stereocenters. The zero-order valence-electron chi connectivity index (χ0n) is 11.7. The molecule has 0 amide bonds. The summed E-state index contributed by atoms with van der Waals surface area (Å²) in [4.78, 5) is 2.25. The van der Waals surface area contributed by atoms with Gasteiger partial charge in [0.1, 0.15) is 5.82 Å². The second kappa shape index (κ2) is 6.65. The molecule has 0 aromatic heterocycles. The Balaban J connectivity index is 1.85. The van der Waals surface area contributed by atoms with Gasteiger partial charge in [0.25, 0.3) is 0 Å². The number of sulfonamides is 1. The van der Waals surface area contributed by atoms with Crippen LogP contribution >= 0.6 is 0 Å². The summed E-state index contributed by atoms with van der Waals surface area (Å²) in [6, 6.07) is 5.71. The van der Waals surface area contributed by atoms with Gasteiger partial charge in [-0.05, 0) is 56.6 Å². The van der Waals surface area contributed by atoms with Gasteiger partial charge in [-0.1, -0.05) is 12.1 Å². The molecule has 6 heteroatoms. The summed E-state index contributed by atoms with van der Waals surface area (Å²) in [6.07, 6.45) is 2.03. The molecule has 112 valence electrons. The molecule has 4 nitrogen and oxygen atoms in total. The highest BCUT2D eigenvalue weighted by Gasteiger charge is 2.19. The van der Waals surface area contributed by atoms with Crippen molar-refractivity contribution in [3.63, 3.8) is 0 Å². The van der Waals surface area contributed by atoms with E-state index in [0.717, 1.165) is 25.9 Å². The molecule has 0 unspecified atom stereocenters. The van der Waals surface area contributed by atoms with Gasteiger partial charge in [0, 0.05) is 6.54 Å². The second-order valence-corrected chi connectivity index (χ2v) is 7.29. The minimum absolute atomic E-state index is 0.169. The number of nitrogens with one attached hydrogen (secondary N) is 1. The van der Waals surface area contributed by atoms with Gasteiger partial charge in [-0.25, -0.2) is 17.5 Å². The summed E-state index contributed by atoms with van der Waals surface area (Å²) in [5, 5.41) is 0. The van der Waals surface area contributed by atoms with Crippen LogP contribution in [0.3, 0.4) is 0 Å². The first-order valence-electron chi connectivity index (χ1n) is 6.85. The molecular weight excluding hydrogens is 279 g/mol. The highest BCUT2D eigenvalue weighted by molar-refractivity contribution is 7.88. The van der Waals surface area contributed by atoms with Crippen LogP contribution in [0.1, 0.15) is 18.4 Å². The monoisotopic (exact) mass is 300 g/mol. The van der Waals surface area contributed by atoms with Crippen molar-refractivity contribution in [3.05, 3.63) is 35.6 Å². The van der Waals surface area contributed by atoms with Crippen molar-refractivity contribution in [2.45, 2.75) is 18.6 Å². The number of nitrogens with zero attached hydrogens (tertiary/aromatic N) is 1. The lowest BCUT2D eigenvalue weighted by atomic mass is 9.98. The Bertz CT molecular complexity index is 540. The molecule has 1 aliphatic rings. The molecular formula is C14H21FN2O2S. The smallest absolute Gasteiger partial charge is 0.215 e. The Morgan fingerprint density at radius 1 is 1.35 bits per heavy atom. The predicted octanol–water partition coefficient (Wildman–Crippen LogP) is 1.59. The lowest BCUT2D eigenvalue weighted by Crippen LogP contribution is -2.37. The van der Waals surface area contributed by atoms with Crippen molar-refractivity contribution in [2.75, 3.05) is 26.7 Å². The maximum absolute atomic E-state index is 13.0. The highest BCUT2D eigenvalue weighted by atomic mass is 32.2. The molecule has 0 aliphatic carbocycles. The maximum Gasteiger partial charge on any atom is 0.215 e. The summed E-state index contributed by atoms with van der Waals surface area (Å²) < 4.78 is 39.6. The molecule has 1 fully saturated rings. The van der Waals surface area contributed by atoms with Crippen molar-refractivity contribution in [1.82, 2.24) is 9.62 Å². The van der Waals surface area contributed by atoms with Gasteiger partial charge in [-0.3, -0.25) is 0 Å². The largest absolute Gasteiger partial charge is 0.306 e. The van der Waals surface area contributed by atoms with E-state index in [1.807, 2.05) is 0 Å². The fourth-order valence-electron chi connectivity index (χ4n) is 2.41. The van der Waals surface area contributed by atoms with E-state index >= 15 is 0 Å². The van der Waals surface area contributed by atoms with E-state index in [2.05, 4.69) is 16.7 Å². The number of halogens is 1. The molecule has 1 heterocycles. The number of hydrogen-bond donors (Lipinski definition) is 1. The molecule has 1 saturated heterocycles. The van der Waals surface area contributed by atoms with Crippen molar-refractivity contribution in [3.8, 4) is 0 Å². The van der Waals surface area contributed by atoms with Gasteiger partial charge in [0.2, 0.25) is 10.0 Å². The Labute approximate surface area is 120 Å². The van der Waals surface area contributed by atoms with Crippen molar-refractivity contribution < 1.29 is 12.8 Å². The third kappa shape index (κ3) is 4.85. The topological polar surface area (TPSA) is 49.4 Å². The molecule has 1 aromatic rings. The fraction of sp³-hybridized carbons (Fsp3) is 0.571. The third-order valence-electron chi connectivity index (χ3n) is 3.68. The zero-order valence-corrected chi connectivity index (χ0v) is 12.5. The summed E-state index contributed by atoms with van der Waals surface area (Å²) >= 11 is 0. The minimum atomic E-state index is -3.39. The van der Waals surface area contributed by atoms with Crippen LogP contribution in [0.5, 0.6) is 0 Å². The number of hydrogen-bond acceptors (Lipinski definition) is 3. The number of piperidine rings is 1. The molecule has 1 N–H and O–H groups in total. The lowest BCUT2D eigenvalue weighted by molar-refractivity contribution is 0.220. The van der Waals surface area contributed by atoms with E-state index < -0.39 is 15.8 Å². The Hall–Kier alpha value is -0.980. The van der Waals surface area contributed by atoms with E-state index in [1.165, 1.54) is 18.2 Å². The van der Waals surface area contributed by atoms with Gasteiger partial charge in [0.15, 0.2) is 0 Å². The second-order valence-electron chi connectivity index (χ2n) is 5.48.